The lowest BCUT2D eigenvalue weighted by Crippen LogP contribution is -1.97. The van der Waals surface area contributed by atoms with E-state index in [9.17, 15) is 0 Å². The Morgan fingerprint density at radius 1 is 0.767 bits per heavy atom. The minimum atomic E-state index is 0.775. The van der Waals surface area contributed by atoms with Gasteiger partial charge in [-0.05, 0) is 56.3 Å². The molecule has 0 saturated carbocycles. The van der Waals surface area contributed by atoms with Crippen molar-refractivity contribution in [1.29, 1.82) is 0 Å². The molecule has 0 aliphatic carbocycles. The predicted octanol–water partition coefficient (Wildman–Crippen LogP) is 5.82. The van der Waals surface area contributed by atoms with Crippen molar-refractivity contribution in [1.82, 2.24) is 19.6 Å². The summed E-state index contributed by atoms with van der Waals surface area (Å²) in [5.41, 5.74) is 8.16. The Labute approximate surface area is 175 Å². The summed E-state index contributed by atoms with van der Waals surface area (Å²) < 4.78 is 1.89. The molecule has 0 aliphatic heterocycles. The van der Waals surface area contributed by atoms with Crippen molar-refractivity contribution in [2.24, 2.45) is 0 Å². The monoisotopic (exact) mass is 391 g/mol. The van der Waals surface area contributed by atoms with Gasteiger partial charge in [-0.25, -0.2) is 14.5 Å². The van der Waals surface area contributed by atoms with Crippen LogP contribution < -0.4 is 5.32 Å². The summed E-state index contributed by atoms with van der Waals surface area (Å²) in [7, 11) is 0. The zero-order valence-corrected chi connectivity index (χ0v) is 16.9. The third kappa shape index (κ3) is 3.42. The van der Waals surface area contributed by atoms with Crippen molar-refractivity contribution in [3.63, 3.8) is 0 Å². The van der Waals surface area contributed by atoms with E-state index in [0.29, 0.717) is 0 Å². The van der Waals surface area contributed by atoms with Crippen LogP contribution in [0, 0.1) is 13.8 Å². The van der Waals surface area contributed by atoms with Crippen LogP contribution >= 0.6 is 0 Å². The minimum Gasteiger partial charge on any atom is -0.340 e. The molecule has 5 nitrogen and oxygen atoms in total. The van der Waals surface area contributed by atoms with Gasteiger partial charge in [-0.15, -0.1) is 0 Å². The number of anilines is 2. The number of hydrogen-bond donors (Lipinski definition) is 1. The van der Waals surface area contributed by atoms with E-state index < -0.39 is 0 Å². The smallest absolute Gasteiger partial charge is 0.154 e. The molecule has 30 heavy (non-hydrogen) atoms. The molecule has 0 fully saturated rings. The number of aryl methyl sites for hydroxylation is 2. The molecule has 1 N–H and O–H groups in total. The van der Waals surface area contributed by atoms with Crippen molar-refractivity contribution >= 4 is 17.2 Å². The molecule has 2 aromatic carbocycles. The Hall–Kier alpha value is -3.99. The Balaban J connectivity index is 1.64. The van der Waals surface area contributed by atoms with Crippen molar-refractivity contribution in [2.45, 2.75) is 13.8 Å². The van der Waals surface area contributed by atoms with Crippen LogP contribution in [0.15, 0.2) is 85.2 Å². The van der Waals surface area contributed by atoms with Crippen molar-refractivity contribution in [3.05, 3.63) is 96.3 Å². The molecule has 5 rings (SSSR count). The first-order chi connectivity index (χ1) is 14.7. The van der Waals surface area contributed by atoms with Gasteiger partial charge in [0.05, 0.1) is 5.69 Å². The van der Waals surface area contributed by atoms with Gasteiger partial charge >= 0.3 is 0 Å². The normalized spacial score (nSPS) is 11.0. The summed E-state index contributed by atoms with van der Waals surface area (Å²) in [6, 6.07) is 24.6. The number of benzene rings is 2. The van der Waals surface area contributed by atoms with E-state index in [1.54, 1.807) is 6.20 Å². The van der Waals surface area contributed by atoms with Crippen LogP contribution in [-0.2, 0) is 0 Å². The molecule has 0 unspecified atom stereocenters. The van der Waals surface area contributed by atoms with Crippen LogP contribution in [0.5, 0.6) is 0 Å². The Kier molecular flexibility index (Phi) is 4.48. The fraction of sp³-hybridized carbons (Fsp3) is 0.0800. The molecule has 3 heterocycles. The van der Waals surface area contributed by atoms with Gasteiger partial charge < -0.3 is 5.32 Å². The molecule has 0 saturated heterocycles. The average molecular weight is 391 g/mol. The molecule has 5 aromatic rings. The summed E-state index contributed by atoms with van der Waals surface area (Å²) in [5, 5.41) is 7.95. The van der Waals surface area contributed by atoms with Gasteiger partial charge in [0.2, 0.25) is 0 Å². The van der Waals surface area contributed by atoms with Gasteiger partial charge in [-0.1, -0.05) is 41.5 Å². The lowest BCUT2D eigenvalue weighted by molar-refractivity contribution is 0.942. The summed E-state index contributed by atoms with van der Waals surface area (Å²) >= 11 is 0. The van der Waals surface area contributed by atoms with E-state index in [1.807, 2.05) is 35.0 Å². The van der Waals surface area contributed by atoms with Gasteiger partial charge in [0.1, 0.15) is 11.5 Å². The third-order valence-corrected chi connectivity index (χ3v) is 5.04. The number of aromatic nitrogens is 4. The van der Waals surface area contributed by atoms with Gasteiger partial charge in [-0.2, -0.15) is 5.10 Å². The molecule has 3 aromatic heterocycles. The standard InChI is InChI=1S/C25H21N5/c1-17-8-10-21(11-9-17)28-22-16-20(12-14-26-22)25-24(19-6-3-5-18(2)15-19)29-23-7-4-13-27-30(23)25/h3-16H,1-2H3,(H,26,28). The lowest BCUT2D eigenvalue weighted by Gasteiger charge is -2.09. The van der Waals surface area contributed by atoms with Crippen molar-refractivity contribution < 1.29 is 0 Å². The molecule has 0 aliphatic rings. The zero-order valence-electron chi connectivity index (χ0n) is 16.9. The fourth-order valence-corrected chi connectivity index (χ4v) is 3.57. The van der Waals surface area contributed by atoms with E-state index in [0.717, 1.165) is 39.7 Å². The molecular formula is C25H21N5. The molecule has 0 atom stereocenters. The number of nitrogens with zero attached hydrogens (tertiary/aromatic N) is 4. The van der Waals surface area contributed by atoms with Crippen molar-refractivity contribution in [2.75, 3.05) is 5.32 Å². The van der Waals surface area contributed by atoms with Crippen LogP contribution in [0.2, 0.25) is 0 Å². The maximum Gasteiger partial charge on any atom is 0.154 e. The fourth-order valence-electron chi connectivity index (χ4n) is 3.57. The second-order valence-corrected chi connectivity index (χ2v) is 7.39. The van der Waals surface area contributed by atoms with Gasteiger partial charge in [-0.3, -0.25) is 0 Å². The molecular weight excluding hydrogens is 370 g/mol. The molecule has 0 bridgehead atoms. The SMILES string of the molecule is Cc1ccc(Nc2cc(-c3c(-c4cccc(C)c4)nc4cccnn34)ccn2)cc1. The zero-order chi connectivity index (χ0) is 20.5. The summed E-state index contributed by atoms with van der Waals surface area (Å²) in [6.07, 6.45) is 3.60. The van der Waals surface area contributed by atoms with Crippen LogP contribution in [0.3, 0.4) is 0 Å². The molecule has 0 radical (unpaired) electrons. The summed E-state index contributed by atoms with van der Waals surface area (Å²) in [4.78, 5) is 9.39. The maximum absolute atomic E-state index is 4.88. The van der Waals surface area contributed by atoms with E-state index >= 15 is 0 Å². The molecule has 5 heteroatoms. The van der Waals surface area contributed by atoms with Crippen LogP contribution in [-0.4, -0.2) is 19.6 Å². The van der Waals surface area contributed by atoms with Gasteiger partial charge in [0.25, 0.3) is 0 Å². The quantitative estimate of drug-likeness (QED) is 0.419. The van der Waals surface area contributed by atoms with Crippen LogP contribution in [0.1, 0.15) is 11.1 Å². The highest BCUT2D eigenvalue weighted by Crippen LogP contribution is 2.33. The average Bonchev–Trinajstić information content (AvgIpc) is 3.15. The molecule has 146 valence electrons. The van der Waals surface area contributed by atoms with Gasteiger partial charge in [0.15, 0.2) is 5.65 Å². The number of pyridine rings is 1. The predicted molar refractivity (Wildman–Crippen MR) is 121 cm³/mol. The van der Waals surface area contributed by atoms with E-state index in [4.69, 9.17) is 4.98 Å². The summed E-state index contributed by atoms with van der Waals surface area (Å²) in [6.45, 7) is 4.17. The number of rotatable bonds is 4. The van der Waals surface area contributed by atoms with Crippen LogP contribution in [0.4, 0.5) is 11.5 Å². The number of imidazole rings is 1. The Bertz CT molecular complexity index is 1340. The first-order valence-corrected chi connectivity index (χ1v) is 9.88. The highest BCUT2D eigenvalue weighted by molar-refractivity contribution is 5.82. The van der Waals surface area contributed by atoms with E-state index in [1.165, 1.54) is 11.1 Å². The lowest BCUT2D eigenvalue weighted by atomic mass is 10.0. The van der Waals surface area contributed by atoms with Crippen molar-refractivity contribution in [3.8, 4) is 22.5 Å². The first-order valence-electron chi connectivity index (χ1n) is 9.88. The minimum absolute atomic E-state index is 0.775. The maximum atomic E-state index is 4.88. The number of nitrogens with one attached hydrogen (secondary N) is 1. The topological polar surface area (TPSA) is 55.1 Å². The third-order valence-electron chi connectivity index (χ3n) is 5.04. The number of fused-ring (bicyclic) bond motifs is 1. The first kappa shape index (κ1) is 18.1. The second-order valence-electron chi connectivity index (χ2n) is 7.39. The molecule has 0 spiro atoms. The van der Waals surface area contributed by atoms with Crippen LogP contribution in [0.25, 0.3) is 28.2 Å². The molecule has 0 amide bonds. The summed E-state index contributed by atoms with van der Waals surface area (Å²) in [5.74, 6) is 0.775. The Morgan fingerprint density at radius 3 is 2.47 bits per heavy atom. The number of hydrogen-bond acceptors (Lipinski definition) is 4. The van der Waals surface area contributed by atoms with E-state index in [2.05, 4.69) is 77.8 Å². The highest BCUT2D eigenvalue weighted by Gasteiger charge is 2.17. The van der Waals surface area contributed by atoms with Gasteiger partial charge in [0, 0.05) is 29.2 Å². The Morgan fingerprint density at radius 2 is 1.63 bits per heavy atom. The van der Waals surface area contributed by atoms with E-state index in [-0.39, 0.29) is 0 Å². The highest BCUT2D eigenvalue weighted by atomic mass is 15.3. The second kappa shape index (κ2) is 7.44. The largest absolute Gasteiger partial charge is 0.340 e.